The average Bonchev–Trinajstić information content (AvgIpc) is 2.97. The Labute approximate surface area is 117 Å². The topological polar surface area (TPSA) is 71.2 Å². The number of H-pyrrole nitrogens is 1. The summed E-state index contributed by atoms with van der Waals surface area (Å²) >= 11 is 0. The van der Waals surface area contributed by atoms with Gasteiger partial charge in [-0.15, -0.1) is 0 Å². The number of carbonyl (C=O) groups excluding carboxylic acids is 2. The molecule has 1 amide bonds. The van der Waals surface area contributed by atoms with Crippen molar-refractivity contribution in [2.75, 3.05) is 13.7 Å². The molecular formula is C15H16N2O3. The molecule has 0 aliphatic carbocycles. The Morgan fingerprint density at radius 2 is 2.10 bits per heavy atom. The van der Waals surface area contributed by atoms with Crippen molar-refractivity contribution in [2.24, 2.45) is 0 Å². The molecule has 1 heterocycles. The van der Waals surface area contributed by atoms with Gasteiger partial charge in [0.15, 0.2) is 6.29 Å². The van der Waals surface area contributed by atoms with E-state index in [4.69, 9.17) is 4.74 Å². The summed E-state index contributed by atoms with van der Waals surface area (Å²) in [4.78, 5) is 25.1. The minimum atomic E-state index is -0.216. The van der Waals surface area contributed by atoms with E-state index in [-0.39, 0.29) is 5.91 Å². The molecule has 0 saturated carbocycles. The molecular weight excluding hydrogens is 256 g/mol. The Kier molecular flexibility index (Phi) is 4.55. The Bertz CT molecular complexity index is 587. The minimum Gasteiger partial charge on any atom is -0.497 e. The van der Waals surface area contributed by atoms with Crippen LogP contribution in [0.2, 0.25) is 0 Å². The maximum Gasteiger partial charge on any atom is 0.267 e. The molecule has 20 heavy (non-hydrogen) atoms. The van der Waals surface area contributed by atoms with Crippen molar-refractivity contribution in [2.45, 2.75) is 6.42 Å². The molecule has 2 rings (SSSR count). The number of hydrogen-bond donors (Lipinski definition) is 2. The molecule has 104 valence electrons. The van der Waals surface area contributed by atoms with Crippen LogP contribution in [0.5, 0.6) is 5.75 Å². The monoisotopic (exact) mass is 272 g/mol. The highest BCUT2D eigenvalue weighted by molar-refractivity contribution is 5.94. The number of amides is 1. The molecule has 0 aliphatic heterocycles. The number of aromatic nitrogens is 1. The van der Waals surface area contributed by atoms with Crippen molar-refractivity contribution >= 4 is 12.2 Å². The van der Waals surface area contributed by atoms with E-state index in [0.717, 1.165) is 17.7 Å². The van der Waals surface area contributed by atoms with E-state index in [9.17, 15) is 9.59 Å². The van der Waals surface area contributed by atoms with Gasteiger partial charge >= 0.3 is 0 Å². The highest BCUT2D eigenvalue weighted by atomic mass is 16.5. The predicted molar refractivity (Wildman–Crippen MR) is 75.2 cm³/mol. The van der Waals surface area contributed by atoms with Crippen molar-refractivity contribution in [1.29, 1.82) is 0 Å². The van der Waals surface area contributed by atoms with E-state index < -0.39 is 0 Å². The van der Waals surface area contributed by atoms with Gasteiger partial charge in [0.05, 0.1) is 7.11 Å². The SMILES string of the molecule is COc1ccc(CCNC(=O)c2cc(C=O)c[nH]2)cc1. The van der Waals surface area contributed by atoms with Gasteiger partial charge in [-0.3, -0.25) is 9.59 Å². The lowest BCUT2D eigenvalue weighted by molar-refractivity contribution is 0.0949. The van der Waals surface area contributed by atoms with Crippen LogP contribution in [0.25, 0.3) is 0 Å². The van der Waals surface area contributed by atoms with Crippen LogP contribution in [-0.4, -0.2) is 30.8 Å². The number of hydrogen-bond acceptors (Lipinski definition) is 3. The summed E-state index contributed by atoms with van der Waals surface area (Å²) in [5.74, 6) is 0.595. The summed E-state index contributed by atoms with van der Waals surface area (Å²) in [6.45, 7) is 0.528. The normalized spacial score (nSPS) is 10.1. The largest absolute Gasteiger partial charge is 0.497 e. The van der Waals surface area contributed by atoms with Crippen LogP contribution < -0.4 is 10.1 Å². The van der Waals surface area contributed by atoms with Gasteiger partial charge in [0.2, 0.25) is 0 Å². The number of benzene rings is 1. The second kappa shape index (κ2) is 6.56. The number of ether oxygens (including phenoxy) is 1. The Morgan fingerprint density at radius 1 is 1.35 bits per heavy atom. The van der Waals surface area contributed by atoms with Gasteiger partial charge in [0, 0.05) is 18.3 Å². The summed E-state index contributed by atoms with van der Waals surface area (Å²) in [6, 6.07) is 9.22. The second-order valence-electron chi connectivity index (χ2n) is 4.32. The molecule has 0 fully saturated rings. The Balaban J connectivity index is 1.82. The molecule has 5 heteroatoms. The third-order valence-electron chi connectivity index (χ3n) is 2.94. The summed E-state index contributed by atoms with van der Waals surface area (Å²) in [5.41, 5.74) is 1.97. The van der Waals surface area contributed by atoms with Crippen LogP contribution >= 0.6 is 0 Å². The Morgan fingerprint density at radius 3 is 2.70 bits per heavy atom. The summed E-state index contributed by atoms with van der Waals surface area (Å²) in [5, 5.41) is 2.80. The van der Waals surface area contributed by atoms with Crippen LogP contribution in [-0.2, 0) is 6.42 Å². The maximum absolute atomic E-state index is 11.8. The van der Waals surface area contributed by atoms with Crippen LogP contribution in [0.3, 0.4) is 0 Å². The van der Waals surface area contributed by atoms with E-state index in [1.165, 1.54) is 12.3 Å². The summed E-state index contributed by atoms with van der Waals surface area (Å²) < 4.78 is 5.08. The minimum absolute atomic E-state index is 0.216. The molecule has 5 nitrogen and oxygen atoms in total. The molecule has 0 saturated heterocycles. The molecule has 0 aliphatic rings. The van der Waals surface area contributed by atoms with Gasteiger partial charge in [0.25, 0.3) is 5.91 Å². The van der Waals surface area contributed by atoms with Gasteiger partial charge in [-0.05, 0) is 30.2 Å². The van der Waals surface area contributed by atoms with E-state index in [0.29, 0.717) is 24.1 Å². The summed E-state index contributed by atoms with van der Waals surface area (Å²) in [6.07, 6.45) is 2.94. The van der Waals surface area contributed by atoms with Crippen molar-refractivity contribution in [3.05, 3.63) is 53.3 Å². The van der Waals surface area contributed by atoms with E-state index in [1.807, 2.05) is 24.3 Å². The Hall–Kier alpha value is -2.56. The first-order valence-electron chi connectivity index (χ1n) is 6.27. The molecule has 0 bridgehead atoms. The predicted octanol–water partition coefficient (Wildman–Crippen LogP) is 1.81. The molecule has 1 aromatic heterocycles. The molecule has 1 aromatic carbocycles. The van der Waals surface area contributed by atoms with Crippen LogP contribution in [0, 0.1) is 0 Å². The zero-order valence-corrected chi connectivity index (χ0v) is 11.2. The number of aromatic amines is 1. The maximum atomic E-state index is 11.8. The van der Waals surface area contributed by atoms with Crippen molar-refractivity contribution in [3.8, 4) is 5.75 Å². The highest BCUT2D eigenvalue weighted by Crippen LogP contribution is 2.11. The second-order valence-corrected chi connectivity index (χ2v) is 4.32. The van der Waals surface area contributed by atoms with E-state index in [2.05, 4.69) is 10.3 Å². The fraction of sp³-hybridized carbons (Fsp3) is 0.200. The van der Waals surface area contributed by atoms with Gasteiger partial charge in [-0.25, -0.2) is 0 Å². The van der Waals surface area contributed by atoms with Crippen LogP contribution in [0.15, 0.2) is 36.5 Å². The molecule has 2 N–H and O–H groups in total. The van der Waals surface area contributed by atoms with Gasteiger partial charge in [-0.2, -0.15) is 0 Å². The van der Waals surface area contributed by atoms with Crippen LogP contribution in [0.4, 0.5) is 0 Å². The quantitative estimate of drug-likeness (QED) is 0.788. The molecule has 0 atom stereocenters. The molecule has 0 radical (unpaired) electrons. The fourth-order valence-electron chi connectivity index (χ4n) is 1.82. The van der Waals surface area contributed by atoms with Gasteiger partial charge in [-0.1, -0.05) is 12.1 Å². The average molecular weight is 272 g/mol. The zero-order chi connectivity index (χ0) is 14.4. The molecule has 0 unspecified atom stereocenters. The molecule has 2 aromatic rings. The van der Waals surface area contributed by atoms with Crippen molar-refractivity contribution < 1.29 is 14.3 Å². The lowest BCUT2D eigenvalue weighted by atomic mass is 10.1. The number of carbonyl (C=O) groups is 2. The zero-order valence-electron chi connectivity index (χ0n) is 11.2. The lowest BCUT2D eigenvalue weighted by Gasteiger charge is -2.05. The third kappa shape index (κ3) is 3.47. The highest BCUT2D eigenvalue weighted by Gasteiger charge is 2.07. The van der Waals surface area contributed by atoms with E-state index >= 15 is 0 Å². The standard InChI is InChI=1S/C15H16N2O3/c1-20-13-4-2-11(3-5-13)6-7-16-15(19)14-8-12(10-18)9-17-14/h2-5,8-10,17H,6-7H2,1H3,(H,16,19). The van der Waals surface area contributed by atoms with Gasteiger partial charge < -0.3 is 15.0 Å². The smallest absolute Gasteiger partial charge is 0.267 e. The third-order valence-corrected chi connectivity index (χ3v) is 2.94. The number of rotatable bonds is 6. The van der Waals surface area contributed by atoms with Gasteiger partial charge in [0.1, 0.15) is 11.4 Å². The number of nitrogens with one attached hydrogen (secondary N) is 2. The molecule has 0 spiro atoms. The fourth-order valence-corrected chi connectivity index (χ4v) is 1.82. The first-order valence-corrected chi connectivity index (χ1v) is 6.27. The first kappa shape index (κ1) is 13.9. The van der Waals surface area contributed by atoms with Crippen LogP contribution in [0.1, 0.15) is 26.4 Å². The van der Waals surface area contributed by atoms with Crippen molar-refractivity contribution in [1.82, 2.24) is 10.3 Å². The number of aldehydes is 1. The van der Waals surface area contributed by atoms with Crippen molar-refractivity contribution in [3.63, 3.8) is 0 Å². The number of methoxy groups -OCH3 is 1. The summed E-state index contributed by atoms with van der Waals surface area (Å²) in [7, 11) is 1.62. The first-order chi connectivity index (χ1) is 9.72. The lowest BCUT2D eigenvalue weighted by Crippen LogP contribution is -2.25. The van der Waals surface area contributed by atoms with E-state index in [1.54, 1.807) is 7.11 Å².